The Morgan fingerprint density at radius 3 is 2.29 bits per heavy atom. The van der Waals surface area contributed by atoms with E-state index < -0.39 is 42.3 Å². The lowest BCUT2D eigenvalue weighted by Gasteiger charge is -2.26. The number of carbonyl (C=O) groups is 3. The lowest BCUT2D eigenvalue weighted by atomic mass is 9.96. The Hall–Kier alpha value is -3.02. The summed E-state index contributed by atoms with van der Waals surface area (Å²) >= 11 is 6.16. The first kappa shape index (κ1) is 26.6. The van der Waals surface area contributed by atoms with Gasteiger partial charge in [0.25, 0.3) is 17.7 Å². The van der Waals surface area contributed by atoms with Crippen molar-refractivity contribution in [2.75, 3.05) is 32.1 Å². The fourth-order valence-corrected chi connectivity index (χ4v) is 3.59. The minimum absolute atomic E-state index is 0.0544. The summed E-state index contributed by atoms with van der Waals surface area (Å²) in [4.78, 5) is 37.7. The van der Waals surface area contributed by atoms with Gasteiger partial charge in [-0.15, -0.1) is 10.2 Å². The maximum atomic E-state index is 14.9. The Morgan fingerprint density at radius 1 is 1.14 bits per heavy atom. The number of hydrogen-bond donors (Lipinski definition) is 2. The second-order valence-corrected chi connectivity index (χ2v) is 9.52. The monoisotopic (exact) mass is 509 g/mol. The molecular formula is C23H26ClF2N5O4. The first-order valence-corrected chi connectivity index (χ1v) is 11.1. The highest BCUT2D eigenvalue weighted by atomic mass is 35.5. The molecule has 3 amide bonds. The third-order valence-corrected chi connectivity index (χ3v) is 5.58. The highest BCUT2D eigenvalue weighted by molar-refractivity contribution is 6.30. The molecule has 0 radical (unpaired) electrons. The van der Waals surface area contributed by atoms with Crippen LogP contribution in [-0.4, -0.2) is 65.5 Å². The molecular weight excluding hydrogens is 484 g/mol. The van der Waals surface area contributed by atoms with Gasteiger partial charge in [0.05, 0.1) is 36.9 Å². The predicted molar refractivity (Wildman–Crippen MR) is 125 cm³/mol. The van der Waals surface area contributed by atoms with Gasteiger partial charge in [0, 0.05) is 18.1 Å². The minimum atomic E-state index is -3.46. The van der Waals surface area contributed by atoms with Crippen molar-refractivity contribution in [1.82, 2.24) is 20.4 Å². The molecule has 35 heavy (non-hydrogen) atoms. The number of anilines is 1. The van der Waals surface area contributed by atoms with E-state index in [1.807, 2.05) is 0 Å². The normalized spacial score (nSPS) is 14.8. The van der Waals surface area contributed by atoms with Gasteiger partial charge in [-0.2, -0.15) is 0 Å². The molecule has 0 saturated carbocycles. The number of fused-ring (bicyclic) bond motifs is 1. The molecule has 2 N–H and O–H groups in total. The number of nitrogens with one attached hydrogen (secondary N) is 2. The van der Waals surface area contributed by atoms with E-state index >= 15 is 0 Å². The van der Waals surface area contributed by atoms with Crippen molar-refractivity contribution >= 4 is 35.1 Å². The van der Waals surface area contributed by atoms with E-state index in [9.17, 15) is 23.2 Å². The molecule has 188 valence electrons. The number of benzene rings is 1. The molecule has 1 unspecified atom stereocenters. The maximum Gasteiger partial charge on any atom is 0.278 e. The number of imide groups is 1. The molecule has 0 bridgehead atoms. The zero-order valence-electron chi connectivity index (χ0n) is 19.7. The van der Waals surface area contributed by atoms with Gasteiger partial charge in [-0.1, -0.05) is 44.5 Å². The summed E-state index contributed by atoms with van der Waals surface area (Å²) in [6.45, 7) is 3.12. The van der Waals surface area contributed by atoms with Gasteiger partial charge in [0.1, 0.15) is 0 Å². The largest absolute Gasteiger partial charge is 0.383 e. The number of ether oxygens (including phenoxy) is 1. The van der Waals surface area contributed by atoms with Crippen molar-refractivity contribution in [2.24, 2.45) is 5.41 Å². The fourth-order valence-electron chi connectivity index (χ4n) is 3.37. The second-order valence-electron chi connectivity index (χ2n) is 9.17. The molecule has 2 heterocycles. The minimum Gasteiger partial charge on any atom is -0.383 e. The zero-order chi connectivity index (χ0) is 26.0. The molecule has 0 saturated heterocycles. The number of halogens is 3. The average molecular weight is 510 g/mol. The summed E-state index contributed by atoms with van der Waals surface area (Å²) in [7, 11) is 1.39. The number of amides is 3. The molecule has 0 spiro atoms. The van der Waals surface area contributed by atoms with Gasteiger partial charge in [-0.3, -0.25) is 19.3 Å². The van der Waals surface area contributed by atoms with Crippen LogP contribution in [0.2, 0.25) is 5.15 Å². The van der Waals surface area contributed by atoms with Gasteiger partial charge < -0.3 is 15.4 Å². The molecule has 1 atom stereocenters. The average Bonchev–Trinajstić information content (AvgIpc) is 3.02. The Balaban J connectivity index is 1.73. The molecule has 1 aliphatic heterocycles. The van der Waals surface area contributed by atoms with Crippen LogP contribution in [0.5, 0.6) is 0 Å². The van der Waals surface area contributed by atoms with Crippen LogP contribution in [0.15, 0.2) is 30.3 Å². The number of alkyl halides is 2. The van der Waals surface area contributed by atoms with E-state index in [0.717, 1.165) is 0 Å². The molecule has 0 aliphatic carbocycles. The lowest BCUT2D eigenvalue weighted by Crippen LogP contribution is -2.46. The van der Waals surface area contributed by atoms with Crippen LogP contribution in [0, 0.1) is 5.41 Å². The molecule has 2 aromatic rings. The van der Waals surface area contributed by atoms with Gasteiger partial charge >= 0.3 is 0 Å². The Kier molecular flexibility index (Phi) is 7.83. The Bertz CT molecular complexity index is 1100. The van der Waals surface area contributed by atoms with Crippen molar-refractivity contribution in [3.8, 4) is 0 Å². The molecule has 12 heteroatoms. The number of rotatable bonds is 9. The summed E-state index contributed by atoms with van der Waals surface area (Å²) in [6.07, 6.45) is 0. The summed E-state index contributed by atoms with van der Waals surface area (Å²) in [6, 6.07) is 6.56. The van der Waals surface area contributed by atoms with Crippen LogP contribution in [-0.2, 0) is 9.53 Å². The van der Waals surface area contributed by atoms with Crippen LogP contribution in [0.3, 0.4) is 0 Å². The fraction of sp³-hybridized carbons (Fsp3) is 0.435. The zero-order valence-corrected chi connectivity index (χ0v) is 20.4. The van der Waals surface area contributed by atoms with Crippen molar-refractivity contribution in [3.63, 3.8) is 0 Å². The Labute approximate surface area is 206 Å². The van der Waals surface area contributed by atoms with E-state index in [-0.39, 0.29) is 40.2 Å². The number of hydrogen-bond acceptors (Lipinski definition) is 7. The number of carbonyl (C=O) groups excluding carboxylic acids is 3. The molecule has 9 nitrogen and oxygen atoms in total. The quantitative estimate of drug-likeness (QED) is 0.498. The maximum absolute atomic E-state index is 14.9. The van der Waals surface area contributed by atoms with Crippen molar-refractivity contribution in [3.05, 3.63) is 52.2 Å². The smallest absolute Gasteiger partial charge is 0.278 e. The standard InChI is InChI=1S/C23H26ClF2N5O4/c1-22(2,3)21(34)28-17-9-15(18(24)30-29-17)16(10-35-4)27-11-23(25,26)12-31-19(32)13-7-5-6-8-14(13)20(31)33/h5-9,16,27H,10-12H2,1-4H3,(H,28,29,34). The summed E-state index contributed by atoms with van der Waals surface area (Å²) in [5.41, 5.74) is -0.224. The molecule has 1 aromatic heterocycles. The summed E-state index contributed by atoms with van der Waals surface area (Å²) in [5.74, 6) is -5.21. The van der Waals surface area contributed by atoms with Crippen LogP contribution >= 0.6 is 11.6 Å². The van der Waals surface area contributed by atoms with Crippen molar-refractivity contribution in [1.29, 1.82) is 0 Å². The van der Waals surface area contributed by atoms with Gasteiger partial charge in [-0.25, -0.2) is 8.78 Å². The molecule has 0 fully saturated rings. The molecule has 3 rings (SSSR count). The SMILES string of the molecule is COCC(NCC(F)(F)CN1C(=O)c2ccccc2C1=O)c1cc(NC(=O)C(C)(C)C)nnc1Cl. The van der Waals surface area contributed by atoms with Crippen molar-refractivity contribution < 1.29 is 27.9 Å². The first-order chi connectivity index (χ1) is 16.3. The summed E-state index contributed by atoms with van der Waals surface area (Å²) < 4.78 is 34.9. The van der Waals surface area contributed by atoms with E-state index in [2.05, 4.69) is 20.8 Å². The topological polar surface area (TPSA) is 114 Å². The highest BCUT2D eigenvalue weighted by Gasteiger charge is 2.42. The van der Waals surface area contributed by atoms with Crippen molar-refractivity contribution in [2.45, 2.75) is 32.7 Å². The number of methoxy groups -OCH3 is 1. The molecule has 1 aliphatic rings. The second kappa shape index (κ2) is 10.3. The van der Waals surface area contributed by atoms with E-state index in [1.165, 1.54) is 25.3 Å². The highest BCUT2D eigenvalue weighted by Crippen LogP contribution is 2.28. The van der Waals surface area contributed by atoms with Crippen LogP contribution in [0.25, 0.3) is 0 Å². The van der Waals surface area contributed by atoms with Crippen LogP contribution < -0.4 is 10.6 Å². The number of aromatic nitrogens is 2. The van der Waals surface area contributed by atoms with Gasteiger partial charge in [0.2, 0.25) is 5.91 Å². The van der Waals surface area contributed by atoms with Crippen LogP contribution in [0.1, 0.15) is 53.1 Å². The van der Waals surface area contributed by atoms with E-state index in [1.54, 1.807) is 32.9 Å². The van der Waals surface area contributed by atoms with Gasteiger partial charge in [0.15, 0.2) is 11.0 Å². The van der Waals surface area contributed by atoms with Gasteiger partial charge in [-0.05, 0) is 18.2 Å². The lowest BCUT2D eigenvalue weighted by molar-refractivity contribution is -0.123. The third-order valence-electron chi connectivity index (χ3n) is 5.28. The first-order valence-electron chi connectivity index (χ1n) is 10.7. The predicted octanol–water partition coefficient (Wildman–Crippen LogP) is 3.32. The number of nitrogens with zero attached hydrogens (tertiary/aromatic N) is 3. The third kappa shape index (κ3) is 6.16. The Morgan fingerprint density at radius 2 is 1.74 bits per heavy atom. The molecule has 1 aromatic carbocycles. The van der Waals surface area contributed by atoms with E-state index in [0.29, 0.717) is 4.90 Å². The van der Waals surface area contributed by atoms with Crippen LogP contribution in [0.4, 0.5) is 14.6 Å². The summed E-state index contributed by atoms with van der Waals surface area (Å²) in [5, 5.41) is 12.9. The van der Waals surface area contributed by atoms with E-state index in [4.69, 9.17) is 16.3 Å².